The maximum Gasteiger partial charge on any atom is 0.418 e. The molecule has 748 valence electrons. The van der Waals surface area contributed by atoms with Crippen molar-refractivity contribution in [3.8, 4) is 23.0 Å². The number of ether oxygens (including phenoxy) is 12. The molecule has 28 nitrogen and oxygen atoms in total. The molecule has 8 aromatic rings. The standard InChI is InChI=1S/2C24H26ClF3N2O5.2C24H27F3N2O5/c2*1-12-19-17(13-7-6-8-14(18(13)29-12)24(26,27)28)15(25)9-23(34-19)10-16(20(31)33-5)30(11-23)21(32)35-22(2,3)4;2*1-13-19-15(14-7-6-8-16(18(14)28-13)24(25,26)27)9-10-23(33-19)11-17(20(30)32-5)29(12-23)21(31)34-22(2,3)4/h2*6-8,15-16H,9-11H2,1-5H3;2*6-8,17H,9-12H2,1-5H3/t15?,16-,23+;15?,16-,23-;17-,23+;17-,23-/m0000/s1. The molecule has 4 spiro atoms. The van der Waals surface area contributed by atoms with Crippen molar-refractivity contribution in [3.63, 3.8) is 0 Å². The number of methoxy groups -OCH3 is 4. The number of para-hydroxylation sites is 4. The maximum atomic E-state index is 13.6. The first-order chi connectivity index (χ1) is 63.8. The molecule has 8 aliphatic rings. The molecule has 8 aliphatic heterocycles. The Hall–Kier alpha value is -11.6. The van der Waals surface area contributed by atoms with E-state index >= 15 is 0 Å². The highest BCUT2D eigenvalue weighted by Crippen LogP contribution is 2.57. The number of fused-ring (bicyclic) bond motifs is 12. The lowest BCUT2D eigenvalue weighted by atomic mass is 9.86. The summed E-state index contributed by atoms with van der Waals surface area (Å²) < 4.78 is 230. The Morgan fingerprint density at radius 3 is 0.790 bits per heavy atom. The second-order valence-corrected chi connectivity index (χ2v) is 40.6. The minimum atomic E-state index is -4.58. The fourth-order valence-corrected chi connectivity index (χ4v) is 20.1. The number of halogens is 14. The van der Waals surface area contributed by atoms with Crippen LogP contribution in [-0.2, 0) is 94.6 Å². The van der Waals surface area contributed by atoms with E-state index in [0.717, 1.165) is 24.3 Å². The lowest BCUT2D eigenvalue weighted by molar-refractivity contribution is -0.146. The Morgan fingerprint density at radius 1 is 0.333 bits per heavy atom. The second-order valence-electron chi connectivity index (χ2n) is 39.6. The molecular formula is C96H106Cl2F12N8O20. The number of benzene rings is 4. The molecule has 42 heteroatoms. The Labute approximate surface area is 795 Å². The molecule has 4 fully saturated rings. The molecule has 0 saturated carbocycles. The molecule has 4 aromatic heterocycles. The lowest BCUT2D eigenvalue weighted by Gasteiger charge is -2.39. The Bertz CT molecular complexity index is 5810. The van der Waals surface area contributed by atoms with Crippen molar-refractivity contribution in [2.75, 3.05) is 54.6 Å². The topological polar surface area (TPSA) is 312 Å². The fraction of sp³-hybridized carbons (Fsp3) is 0.542. The molecule has 4 amide bonds. The van der Waals surface area contributed by atoms with Gasteiger partial charge in [0.15, 0.2) is 0 Å². The third-order valence-electron chi connectivity index (χ3n) is 24.7. The van der Waals surface area contributed by atoms with Crippen LogP contribution in [0, 0.1) is 27.7 Å². The summed E-state index contributed by atoms with van der Waals surface area (Å²) >= 11 is 13.6. The SMILES string of the molecule is COC(=O)[C@@H]1C[C@@]2(CC(Cl)c3c(c(C)nc4c(C(F)(F)F)cccc34)O2)CN1C(=O)OC(C)(C)C.COC(=O)[C@@H]1C[C@@]2(CCc3c(c(C)nc4c(C(F)(F)F)cccc34)O2)CN1C(=O)OC(C)(C)C.COC(=O)[C@@H]1C[C@]2(CC(Cl)c3c(c(C)nc4c(C(F)(F)F)cccc34)O2)CN1C(=O)OC(C)(C)C.COC(=O)[C@@H]1C[C@]2(CCc3c(c(C)nc4c(C(F)(F)F)cccc34)O2)CN1C(=O)OC(C)(C)C. The van der Waals surface area contributed by atoms with Crippen LogP contribution >= 0.6 is 23.2 Å². The normalized spacial score (nSPS) is 23.4. The summed E-state index contributed by atoms with van der Waals surface area (Å²) in [5, 5.41) is -0.219. The van der Waals surface area contributed by atoms with Crippen molar-refractivity contribution in [2.24, 2.45) is 0 Å². The molecule has 2 unspecified atom stereocenters. The van der Waals surface area contributed by atoms with Crippen LogP contribution in [0.3, 0.4) is 0 Å². The van der Waals surface area contributed by atoms with Crippen LogP contribution < -0.4 is 18.9 Å². The number of carbonyl (C=O) groups excluding carboxylic acids is 8. The fourth-order valence-electron chi connectivity index (χ4n) is 19.1. The van der Waals surface area contributed by atoms with Gasteiger partial charge in [-0.2, -0.15) is 52.7 Å². The number of nitrogens with zero attached hydrogens (tertiary/aromatic N) is 8. The van der Waals surface area contributed by atoms with E-state index in [1.165, 1.54) is 84.4 Å². The van der Waals surface area contributed by atoms with Crippen LogP contribution in [0.15, 0.2) is 72.8 Å². The molecule has 0 N–H and O–H groups in total. The van der Waals surface area contributed by atoms with Crippen molar-refractivity contribution < 1.29 is 148 Å². The van der Waals surface area contributed by atoms with Gasteiger partial charge in [0.2, 0.25) is 0 Å². The van der Waals surface area contributed by atoms with Gasteiger partial charge >= 0.3 is 73.0 Å². The van der Waals surface area contributed by atoms with E-state index < -0.39 is 175 Å². The molecular weight excluding hydrogens is 1880 g/mol. The summed E-state index contributed by atoms with van der Waals surface area (Å²) in [6.07, 6.45) is -18.5. The van der Waals surface area contributed by atoms with E-state index in [0.29, 0.717) is 81.6 Å². The maximum absolute atomic E-state index is 13.6. The van der Waals surface area contributed by atoms with E-state index in [2.05, 4.69) is 19.9 Å². The monoisotopic (exact) mass is 1990 g/mol. The van der Waals surface area contributed by atoms with Gasteiger partial charge in [-0.3, -0.25) is 19.6 Å². The van der Waals surface area contributed by atoms with Crippen molar-refractivity contribution >= 4 is 115 Å². The van der Waals surface area contributed by atoms with E-state index in [1.807, 2.05) is 0 Å². The number of amides is 4. The highest BCUT2D eigenvalue weighted by atomic mass is 35.5. The number of pyridine rings is 4. The number of rotatable bonds is 4. The van der Waals surface area contributed by atoms with Crippen LogP contribution in [0.25, 0.3) is 43.6 Å². The lowest BCUT2D eigenvalue weighted by Crippen LogP contribution is -2.46. The van der Waals surface area contributed by atoms with Crippen molar-refractivity contribution in [3.05, 3.63) is 140 Å². The largest absolute Gasteiger partial charge is 0.483 e. The van der Waals surface area contributed by atoms with Crippen molar-refractivity contribution in [2.45, 2.75) is 279 Å². The highest BCUT2D eigenvalue weighted by Gasteiger charge is 2.61. The molecule has 4 aromatic carbocycles. The van der Waals surface area contributed by atoms with E-state index in [-0.39, 0.29) is 120 Å². The summed E-state index contributed by atoms with van der Waals surface area (Å²) in [4.78, 5) is 124. The molecule has 0 bridgehead atoms. The first-order valence-corrected chi connectivity index (χ1v) is 45.0. The van der Waals surface area contributed by atoms with Crippen molar-refractivity contribution in [1.82, 2.24) is 39.5 Å². The van der Waals surface area contributed by atoms with Crippen LogP contribution in [0.4, 0.5) is 71.9 Å². The van der Waals surface area contributed by atoms with Crippen LogP contribution in [0.2, 0.25) is 0 Å². The average Bonchev–Trinajstić information content (AvgIpc) is 1.43. The number of aromatic nitrogens is 4. The number of aryl methyl sites for hydroxylation is 6. The van der Waals surface area contributed by atoms with Gasteiger partial charge in [0.25, 0.3) is 0 Å². The average molecular weight is 1990 g/mol. The van der Waals surface area contributed by atoms with E-state index in [9.17, 15) is 91.0 Å². The number of alkyl halides is 14. The summed E-state index contributed by atoms with van der Waals surface area (Å²) in [5.74, 6) is -1.11. The third kappa shape index (κ3) is 21.3. The first kappa shape index (κ1) is 104. The first-order valence-electron chi connectivity index (χ1n) is 44.1. The zero-order valence-electron chi connectivity index (χ0n) is 79.3. The zero-order valence-corrected chi connectivity index (χ0v) is 80.8. The zero-order chi connectivity index (χ0) is 102. The summed E-state index contributed by atoms with van der Waals surface area (Å²) in [5.41, 5.74) is -7.76. The number of carbonyl (C=O) groups is 8. The van der Waals surface area contributed by atoms with Gasteiger partial charge in [-0.1, -0.05) is 48.5 Å². The smallest absolute Gasteiger partial charge is 0.418 e. The van der Waals surface area contributed by atoms with Crippen LogP contribution in [-0.4, -0.2) is 211 Å². The number of likely N-dealkylation sites (tertiary alicyclic amines) is 4. The van der Waals surface area contributed by atoms with E-state index in [4.69, 9.17) is 80.0 Å². The predicted octanol–water partition coefficient (Wildman–Crippen LogP) is 20.7. The number of esters is 4. The summed E-state index contributed by atoms with van der Waals surface area (Å²) in [6.45, 7) is 27.1. The van der Waals surface area contributed by atoms with Gasteiger partial charge in [0, 0.05) is 82.3 Å². The molecule has 12 heterocycles. The van der Waals surface area contributed by atoms with Crippen molar-refractivity contribution in [1.29, 1.82) is 0 Å². The molecule has 10 atom stereocenters. The minimum absolute atomic E-state index is 0.00952. The summed E-state index contributed by atoms with van der Waals surface area (Å²) in [7, 11) is 4.94. The van der Waals surface area contributed by atoms with Gasteiger partial charge in [0.1, 0.15) is 92.0 Å². The van der Waals surface area contributed by atoms with Crippen LogP contribution in [0.1, 0.15) is 212 Å². The second kappa shape index (κ2) is 37.2. The van der Waals surface area contributed by atoms with Gasteiger partial charge in [-0.25, -0.2) is 58.3 Å². The quantitative estimate of drug-likeness (QED) is 0.0684. The number of hydrogen-bond acceptors (Lipinski definition) is 24. The Kier molecular flexibility index (Phi) is 28.0. The van der Waals surface area contributed by atoms with Gasteiger partial charge in [-0.05, 0) is 161 Å². The summed E-state index contributed by atoms with van der Waals surface area (Å²) in [6, 6.07) is 11.9. The van der Waals surface area contributed by atoms with Gasteiger partial charge in [-0.15, -0.1) is 23.2 Å². The molecule has 0 aliphatic carbocycles. The highest BCUT2D eigenvalue weighted by molar-refractivity contribution is 6.23. The van der Waals surface area contributed by atoms with Gasteiger partial charge < -0.3 is 56.8 Å². The predicted molar refractivity (Wildman–Crippen MR) is 476 cm³/mol. The van der Waals surface area contributed by atoms with E-state index in [1.54, 1.807) is 123 Å². The molecule has 138 heavy (non-hydrogen) atoms. The number of hydrogen-bond donors (Lipinski definition) is 0. The third-order valence-corrected chi connectivity index (χ3v) is 25.5. The minimum Gasteiger partial charge on any atom is -0.483 e. The molecule has 16 rings (SSSR count). The molecule has 0 radical (unpaired) electrons. The Balaban J connectivity index is 0.000000155. The van der Waals surface area contributed by atoms with Gasteiger partial charge in [0.05, 0.1) is 132 Å². The Morgan fingerprint density at radius 2 is 0.551 bits per heavy atom. The van der Waals surface area contributed by atoms with Crippen LogP contribution in [0.5, 0.6) is 23.0 Å². The molecule has 4 saturated heterocycles.